The summed E-state index contributed by atoms with van der Waals surface area (Å²) in [5.41, 5.74) is -0.587. The van der Waals surface area contributed by atoms with Crippen LogP contribution in [0.3, 0.4) is 0 Å². The van der Waals surface area contributed by atoms with Gasteiger partial charge in [-0.05, 0) is 49.9 Å². The lowest BCUT2D eigenvalue weighted by molar-refractivity contribution is -0.140. The van der Waals surface area contributed by atoms with Crippen molar-refractivity contribution in [2.75, 3.05) is 25.5 Å². The molecule has 1 aromatic rings. The minimum Gasteiger partial charge on any atom is -0.335 e. The van der Waals surface area contributed by atoms with E-state index in [-0.39, 0.29) is 12.5 Å². The minimum absolute atomic E-state index is 0.0574. The third-order valence-corrected chi connectivity index (χ3v) is 5.95. The summed E-state index contributed by atoms with van der Waals surface area (Å²) in [6, 6.07) is 4.67. The third kappa shape index (κ3) is 4.60. The van der Waals surface area contributed by atoms with Gasteiger partial charge in [0.25, 0.3) is 5.91 Å². The SMILES string of the molecule is CN(CC(=O)Nc1ccc(F)cc1)C(=O)CN1C(=O)N[C@](C)(C2CCCCC2)C1=O. The molecule has 5 amide bonds. The molecular formula is C21H27FN4O4. The minimum atomic E-state index is -0.990. The molecule has 9 heteroatoms. The first-order valence-corrected chi connectivity index (χ1v) is 10.1. The normalized spacial score (nSPS) is 22.0. The van der Waals surface area contributed by atoms with Crippen LogP contribution in [0.2, 0.25) is 0 Å². The Kier molecular flexibility index (Phi) is 6.38. The van der Waals surface area contributed by atoms with Gasteiger partial charge >= 0.3 is 6.03 Å². The number of rotatable bonds is 6. The molecule has 2 fully saturated rings. The van der Waals surface area contributed by atoms with Gasteiger partial charge < -0.3 is 15.5 Å². The van der Waals surface area contributed by atoms with Crippen LogP contribution in [-0.2, 0) is 14.4 Å². The maximum absolute atomic E-state index is 12.9. The van der Waals surface area contributed by atoms with E-state index in [1.54, 1.807) is 6.92 Å². The van der Waals surface area contributed by atoms with E-state index in [1.807, 2.05) is 0 Å². The highest BCUT2D eigenvalue weighted by Gasteiger charge is 2.52. The standard InChI is InChI=1S/C21H27FN4O4/c1-21(14-6-4-3-5-7-14)19(29)26(20(30)24-21)13-18(28)25(2)12-17(27)23-16-10-8-15(22)9-11-16/h8-11,14H,3-7,12-13H2,1-2H3,(H,23,27)(H,24,30)/t21-/m1/s1. The first-order chi connectivity index (χ1) is 14.2. The number of carbonyl (C=O) groups excluding carboxylic acids is 4. The first-order valence-electron chi connectivity index (χ1n) is 10.1. The number of amides is 5. The second kappa shape index (κ2) is 8.81. The van der Waals surface area contributed by atoms with Gasteiger partial charge in [0.1, 0.15) is 17.9 Å². The Bertz CT molecular complexity index is 838. The third-order valence-electron chi connectivity index (χ3n) is 5.95. The van der Waals surface area contributed by atoms with Crippen molar-refractivity contribution in [1.82, 2.24) is 15.1 Å². The zero-order chi connectivity index (χ0) is 21.9. The average Bonchev–Trinajstić information content (AvgIpc) is 2.94. The Balaban J connectivity index is 1.56. The average molecular weight is 418 g/mol. The number of urea groups is 1. The molecule has 1 saturated carbocycles. The van der Waals surface area contributed by atoms with Crippen molar-refractivity contribution in [2.24, 2.45) is 5.92 Å². The molecule has 2 aliphatic rings. The maximum atomic E-state index is 12.9. The summed E-state index contributed by atoms with van der Waals surface area (Å²) in [5.74, 6) is -1.75. The molecule has 0 bridgehead atoms. The topological polar surface area (TPSA) is 98.8 Å². The first kappa shape index (κ1) is 21.7. The second-order valence-electron chi connectivity index (χ2n) is 8.16. The Morgan fingerprint density at radius 2 is 1.83 bits per heavy atom. The van der Waals surface area contributed by atoms with Gasteiger partial charge in [-0.2, -0.15) is 0 Å². The van der Waals surface area contributed by atoms with E-state index in [9.17, 15) is 23.6 Å². The molecule has 8 nitrogen and oxygen atoms in total. The van der Waals surface area contributed by atoms with Crippen molar-refractivity contribution >= 4 is 29.4 Å². The maximum Gasteiger partial charge on any atom is 0.325 e. The highest BCUT2D eigenvalue weighted by atomic mass is 19.1. The number of benzene rings is 1. The lowest BCUT2D eigenvalue weighted by Crippen LogP contribution is -2.51. The van der Waals surface area contributed by atoms with Crippen LogP contribution in [-0.4, -0.2) is 59.2 Å². The van der Waals surface area contributed by atoms with Crippen molar-refractivity contribution in [3.63, 3.8) is 0 Å². The van der Waals surface area contributed by atoms with Crippen LogP contribution in [0.1, 0.15) is 39.0 Å². The summed E-state index contributed by atoms with van der Waals surface area (Å²) >= 11 is 0. The van der Waals surface area contributed by atoms with Crippen LogP contribution in [0.15, 0.2) is 24.3 Å². The molecule has 0 aromatic heterocycles. The Hall–Kier alpha value is -2.97. The van der Waals surface area contributed by atoms with Gasteiger partial charge in [0.2, 0.25) is 11.8 Å². The molecule has 1 aliphatic heterocycles. The zero-order valence-corrected chi connectivity index (χ0v) is 17.2. The fourth-order valence-electron chi connectivity index (χ4n) is 4.11. The number of imide groups is 1. The van der Waals surface area contributed by atoms with Crippen LogP contribution < -0.4 is 10.6 Å². The molecule has 1 saturated heterocycles. The number of carbonyl (C=O) groups is 4. The molecule has 0 radical (unpaired) electrons. The van der Waals surface area contributed by atoms with Crippen molar-refractivity contribution in [3.05, 3.63) is 30.1 Å². The van der Waals surface area contributed by atoms with E-state index < -0.39 is 41.7 Å². The van der Waals surface area contributed by atoms with Gasteiger partial charge in [-0.25, -0.2) is 9.18 Å². The summed E-state index contributed by atoms with van der Waals surface area (Å²) in [6.45, 7) is 1.04. The smallest absolute Gasteiger partial charge is 0.325 e. The van der Waals surface area contributed by atoms with E-state index in [2.05, 4.69) is 10.6 Å². The van der Waals surface area contributed by atoms with Crippen molar-refractivity contribution < 1.29 is 23.6 Å². The van der Waals surface area contributed by atoms with Gasteiger partial charge in [0.05, 0.1) is 6.54 Å². The number of anilines is 1. The number of hydrogen-bond donors (Lipinski definition) is 2. The second-order valence-corrected chi connectivity index (χ2v) is 8.16. The lowest BCUT2D eigenvalue weighted by Gasteiger charge is -2.34. The molecule has 0 unspecified atom stereocenters. The molecule has 162 valence electrons. The van der Waals surface area contributed by atoms with E-state index in [4.69, 9.17) is 0 Å². The number of halogens is 1. The van der Waals surface area contributed by atoms with E-state index in [0.717, 1.165) is 41.9 Å². The Morgan fingerprint density at radius 1 is 1.20 bits per heavy atom. The molecule has 3 rings (SSSR count). The highest BCUT2D eigenvalue weighted by molar-refractivity contribution is 6.09. The fourth-order valence-corrected chi connectivity index (χ4v) is 4.11. The van der Waals surface area contributed by atoms with Gasteiger partial charge in [-0.1, -0.05) is 19.3 Å². The number of likely N-dealkylation sites (N-methyl/N-ethyl adjacent to an activating group) is 1. The largest absolute Gasteiger partial charge is 0.335 e. The van der Waals surface area contributed by atoms with Crippen LogP contribution in [0, 0.1) is 11.7 Å². The van der Waals surface area contributed by atoms with E-state index in [1.165, 1.54) is 31.3 Å². The molecule has 1 heterocycles. The Morgan fingerprint density at radius 3 is 2.47 bits per heavy atom. The van der Waals surface area contributed by atoms with Crippen molar-refractivity contribution in [3.8, 4) is 0 Å². The van der Waals surface area contributed by atoms with Crippen LogP contribution >= 0.6 is 0 Å². The van der Waals surface area contributed by atoms with Crippen molar-refractivity contribution in [1.29, 1.82) is 0 Å². The summed E-state index contributed by atoms with van der Waals surface area (Å²) in [4.78, 5) is 52.1. The van der Waals surface area contributed by atoms with Crippen LogP contribution in [0.4, 0.5) is 14.9 Å². The summed E-state index contributed by atoms with van der Waals surface area (Å²) < 4.78 is 12.9. The quantitative estimate of drug-likeness (QED) is 0.692. The predicted molar refractivity (Wildman–Crippen MR) is 108 cm³/mol. The van der Waals surface area contributed by atoms with Gasteiger partial charge in [-0.15, -0.1) is 0 Å². The van der Waals surface area contributed by atoms with Gasteiger partial charge in [0.15, 0.2) is 0 Å². The zero-order valence-electron chi connectivity index (χ0n) is 17.2. The molecule has 0 spiro atoms. The van der Waals surface area contributed by atoms with E-state index >= 15 is 0 Å². The fraction of sp³-hybridized carbons (Fsp3) is 0.524. The monoisotopic (exact) mass is 418 g/mol. The number of nitrogens with zero attached hydrogens (tertiary/aromatic N) is 2. The van der Waals surface area contributed by atoms with E-state index in [0.29, 0.717) is 5.69 Å². The highest BCUT2D eigenvalue weighted by Crippen LogP contribution is 2.36. The summed E-state index contributed by atoms with van der Waals surface area (Å²) in [6.07, 6.45) is 4.91. The van der Waals surface area contributed by atoms with Crippen LogP contribution in [0.25, 0.3) is 0 Å². The Labute approximate surface area is 174 Å². The predicted octanol–water partition coefficient (Wildman–Crippen LogP) is 2.11. The molecule has 1 atom stereocenters. The molecule has 30 heavy (non-hydrogen) atoms. The summed E-state index contributed by atoms with van der Waals surface area (Å²) in [5, 5.41) is 5.34. The summed E-state index contributed by atoms with van der Waals surface area (Å²) in [7, 11) is 1.42. The molecular weight excluding hydrogens is 391 g/mol. The lowest BCUT2D eigenvalue weighted by atomic mass is 9.75. The number of hydrogen-bond acceptors (Lipinski definition) is 4. The van der Waals surface area contributed by atoms with Gasteiger partial charge in [0, 0.05) is 12.7 Å². The van der Waals surface area contributed by atoms with Gasteiger partial charge in [-0.3, -0.25) is 19.3 Å². The van der Waals surface area contributed by atoms with Crippen LogP contribution in [0.5, 0.6) is 0 Å². The number of nitrogens with one attached hydrogen (secondary N) is 2. The molecule has 2 N–H and O–H groups in total. The molecule has 1 aromatic carbocycles. The molecule has 1 aliphatic carbocycles. The van der Waals surface area contributed by atoms with Crippen molar-refractivity contribution in [2.45, 2.75) is 44.6 Å².